The number of hydrogen-bond acceptors (Lipinski definition) is 2. The maximum atomic E-state index is 10.5. The van der Waals surface area contributed by atoms with E-state index in [1.54, 1.807) is 7.05 Å². The van der Waals surface area contributed by atoms with Crippen molar-refractivity contribution in [2.24, 2.45) is 5.92 Å². The summed E-state index contributed by atoms with van der Waals surface area (Å²) >= 11 is 0. The number of hydrogen-bond donors (Lipinski definition) is 2. The van der Waals surface area contributed by atoms with E-state index in [9.17, 15) is 4.79 Å². The monoisotopic (exact) mass is 173 g/mol. The second kappa shape index (κ2) is 6.00. The molecule has 0 aromatic carbocycles. The fourth-order valence-corrected chi connectivity index (χ4v) is 1.12. The quantitative estimate of drug-likeness (QED) is 0.639. The van der Waals surface area contributed by atoms with Crippen molar-refractivity contribution in [1.82, 2.24) is 5.32 Å². The van der Waals surface area contributed by atoms with E-state index in [1.165, 1.54) is 0 Å². The molecule has 0 aliphatic rings. The van der Waals surface area contributed by atoms with Crippen LogP contribution in [0.3, 0.4) is 0 Å². The van der Waals surface area contributed by atoms with Gasteiger partial charge in [0.05, 0.1) is 0 Å². The van der Waals surface area contributed by atoms with Gasteiger partial charge in [-0.2, -0.15) is 0 Å². The maximum Gasteiger partial charge on any atom is 0.320 e. The van der Waals surface area contributed by atoms with Gasteiger partial charge in [-0.15, -0.1) is 0 Å². The van der Waals surface area contributed by atoms with Crippen molar-refractivity contribution in [1.29, 1.82) is 0 Å². The van der Waals surface area contributed by atoms with Crippen LogP contribution in [0, 0.1) is 5.92 Å². The molecule has 72 valence electrons. The minimum Gasteiger partial charge on any atom is -0.480 e. The van der Waals surface area contributed by atoms with Crippen LogP contribution in [0.15, 0.2) is 0 Å². The molecule has 0 saturated heterocycles. The average molecular weight is 173 g/mol. The maximum absolute atomic E-state index is 10.5. The third kappa shape index (κ3) is 5.13. The number of carboxylic acids is 1. The predicted molar refractivity (Wildman–Crippen MR) is 49.2 cm³/mol. The highest BCUT2D eigenvalue weighted by Crippen LogP contribution is 2.08. The van der Waals surface area contributed by atoms with Crippen molar-refractivity contribution in [2.75, 3.05) is 7.05 Å². The smallest absolute Gasteiger partial charge is 0.320 e. The Labute approximate surface area is 74.2 Å². The third-order valence-electron chi connectivity index (χ3n) is 1.92. The Bertz CT molecular complexity index is 134. The molecule has 0 spiro atoms. The highest BCUT2D eigenvalue weighted by atomic mass is 16.4. The SMILES string of the molecule is CNC(CCCC(C)C)C(=O)O. The number of aliphatic carboxylic acids is 1. The largest absolute Gasteiger partial charge is 0.480 e. The summed E-state index contributed by atoms with van der Waals surface area (Å²) in [4.78, 5) is 10.5. The van der Waals surface area contributed by atoms with Crippen molar-refractivity contribution in [3.63, 3.8) is 0 Å². The van der Waals surface area contributed by atoms with Gasteiger partial charge in [-0.1, -0.05) is 26.7 Å². The summed E-state index contributed by atoms with van der Waals surface area (Å²) in [6.07, 6.45) is 2.81. The Morgan fingerprint density at radius 2 is 2.00 bits per heavy atom. The van der Waals surface area contributed by atoms with E-state index in [4.69, 9.17) is 5.11 Å². The molecule has 0 aliphatic carbocycles. The second-order valence-corrected chi connectivity index (χ2v) is 3.50. The summed E-state index contributed by atoms with van der Waals surface area (Å²) in [5.41, 5.74) is 0. The zero-order chi connectivity index (χ0) is 9.56. The minimum atomic E-state index is -0.749. The van der Waals surface area contributed by atoms with E-state index in [0.29, 0.717) is 5.92 Å². The van der Waals surface area contributed by atoms with Gasteiger partial charge in [-0.05, 0) is 19.4 Å². The third-order valence-corrected chi connectivity index (χ3v) is 1.92. The average Bonchev–Trinajstić information content (AvgIpc) is 1.96. The molecule has 12 heavy (non-hydrogen) atoms. The van der Waals surface area contributed by atoms with Crippen LogP contribution in [0.4, 0.5) is 0 Å². The number of rotatable bonds is 6. The Morgan fingerprint density at radius 1 is 1.42 bits per heavy atom. The molecular formula is C9H19NO2. The molecule has 0 aromatic heterocycles. The lowest BCUT2D eigenvalue weighted by Gasteiger charge is -2.11. The topological polar surface area (TPSA) is 49.3 Å². The van der Waals surface area contributed by atoms with Crippen molar-refractivity contribution in [3.8, 4) is 0 Å². The summed E-state index contributed by atoms with van der Waals surface area (Å²) in [6.45, 7) is 4.30. The highest BCUT2D eigenvalue weighted by molar-refractivity contribution is 5.73. The Kier molecular flexibility index (Phi) is 5.72. The van der Waals surface area contributed by atoms with E-state index in [2.05, 4.69) is 19.2 Å². The first-order chi connectivity index (χ1) is 5.57. The number of carboxylic acid groups (broad SMARTS) is 1. The summed E-state index contributed by atoms with van der Waals surface area (Å²) in [5.74, 6) is -0.0856. The van der Waals surface area contributed by atoms with Crippen LogP contribution in [0.2, 0.25) is 0 Å². The molecule has 0 heterocycles. The Morgan fingerprint density at radius 3 is 2.33 bits per heavy atom. The number of carbonyl (C=O) groups is 1. The lowest BCUT2D eigenvalue weighted by Crippen LogP contribution is -2.33. The van der Waals surface area contributed by atoms with E-state index in [1.807, 2.05) is 0 Å². The van der Waals surface area contributed by atoms with Crippen LogP contribution in [0.25, 0.3) is 0 Å². The highest BCUT2D eigenvalue weighted by Gasteiger charge is 2.13. The van der Waals surface area contributed by atoms with Gasteiger partial charge in [0.2, 0.25) is 0 Å². The zero-order valence-corrected chi connectivity index (χ0v) is 8.13. The van der Waals surface area contributed by atoms with Crippen molar-refractivity contribution < 1.29 is 9.90 Å². The van der Waals surface area contributed by atoms with Gasteiger partial charge in [0, 0.05) is 0 Å². The van der Waals surface area contributed by atoms with Crippen molar-refractivity contribution >= 4 is 5.97 Å². The zero-order valence-electron chi connectivity index (χ0n) is 8.13. The van der Waals surface area contributed by atoms with Gasteiger partial charge in [-0.3, -0.25) is 4.79 Å². The van der Waals surface area contributed by atoms with Crippen LogP contribution < -0.4 is 5.32 Å². The van der Waals surface area contributed by atoms with Gasteiger partial charge in [-0.25, -0.2) is 0 Å². The van der Waals surface area contributed by atoms with Crippen molar-refractivity contribution in [2.45, 2.75) is 39.2 Å². The minimum absolute atomic E-state index is 0.372. The molecule has 3 nitrogen and oxygen atoms in total. The molecule has 0 fully saturated rings. The lowest BCUT2D eigenvalue weighted by atomic mass is 10.0. The van der Waals surface area contributed by atoms with Crippen LogP contribution in [-0.2, 0) is 4.79 Å². The first-order valence-corrected chi connectivity index (χ1v) is 4.48. The summed E-state index contributed by atoms with van der Waals surface area (Å²) in [6, 6.07) is -0.372. The fraction of sp³-hybridized carbons (Fsp3) is 0.889. The molecule has 0 rings (SSSR count). The molecule has 1 unspecified atom stereocenters. The number of likely N-dealkylation sites (N-methyl/N-ethyl adjacent to an activating group) is 1. The van der Waals surface area contributed by atoms with Crippen LogP contribution in [0.5, 0.6) is 0 Å². The van der Waals surface area contributed by atoms with Gasteiger partial charge in [0.1, 0.15) is 6.04 Å². The van der Waals surface area contributed by atoms with E-state index in [-0.39, 0.29) is 6.04 Å². The standard InChI is InChI=1S/C9H19NO2/c1-7(2)5-4-6-8(10-3)9(11)12/h7-8,10H,4-6H2,1-3H3,(H,11,12). The van der Waals surface area contributed by atoms with Crippen molar-refractivity contribution in [3.05, 3.63) is 0 Å². The van der Waals surface area contributed by atoms with Gasteiger partial charge < -0.3 is 10.4 Å². The molecule has 3 heteroatoms. The van der Waals surface area contributed by atoms with Gasteiger partial charge in [0.15, 0.2) is 0 Å². The molecule has 0 saturated carbocycles. The lowest BCUT2D eigenvalue weighted by molar-refractivity contribution is -0.139. The van der Waals surface area contributed by atoms with Gasteiger partial charge >= 0.3 is 5.97 Å². The fourth-order valence-electron chi connectivity index (χ4n) is 1.12. The van der Waals surface area contributed by atoms with Gasteiger partial charge in [0.25, 0.3) is 0 Å². The molecule has 0 aromatic rings. The predicted octanol–water partition coefficient (Wildman–Crippen LogP) is 1.49. The molecular weight excluding hydrogens is 154 g/mol. The molecule has 0 radical (unpaired) electrons. The molecule has 0 amide bonds. The Balaban J connectivity index is 3.52. The first-order valence-electron chi connectivity index (χ1n) is 4.48. The molecule has 2 N–H and O–H groups in total. The first kappa shape index (κ1) is 11.4. The summed E-state index contributed by atoms with van der Waals surface area (Å²) in [7, 11) is 1.69. The number of nitrogens with one attached hydrogen (secondary N) is 1. The van der Waals surface area contributed by atoms with Crippen LogP contribution in [0.1, 0.15) is 33.1 Å². The van der Waals surface area contributed by atoms with E-state index < -0.39 is 5.97 Å². The molecule has 0 bridgehead atoms. The normalized spacial score (nSPS) is 13.3. The summed E-state index contributed by atoms with van der Waals surface area (Å²) < 4.78 is 0. The Hall–Kier alpha value is -0.570. The van der Waals surface area contributed by atoms with E-state index in [0.717, 1.165) is 19.3 Å². The van der Waals surface area contributed by atoms with E-state index >= 15 is 0 Å². The molecule has 0 aliphatic heterocycles. The van der Waals surface area contributed by atoms with Crippen LogP contribution >= 0.6 is 0 Å². The van der Waals surface area contributed by atoms with Crippen LogP contribution in [-0.4, -0.2) is 24.2 Å². The molecule has 1 atom stereocenters. The summed E-state index contributed by atoms with van der Waals surface area (Å²) in [5, 5.41) is 11.5. The second-order valence-electron chi connectivity index (χ2n) is 3.50.